The van der Waals surface area contributed by atoms with Crippen molar-refractivity contribution < 1.29 is 0 Å². The van der Waals surface area contributed by atoms with E-state index in [4.69, 9.17) is 0 Å². The van der Waals surface area contributed by atoms with Crippen molar-refractivity contribution >= 4 is 0 Å². The normalized spacial score (nSPS) is 24.3. The van der Waals surface area contributed by atoms with E-state index >= 15 is 0 Å². The van der Waals surface area contributed by atoms with Crippen LogP contribution >= 0.6 is 0 Å². The zero-order chi connectivity index (χ0) is 12.8. The lowest BCUT2D eigenvalue weighted by Gasteiger charge is -2.29. The van der Waals surface area contributed by atoms with Gasteiger partial charge in [0.05, 0.1) is 0 Å². The van der Waals surface area contributed by atoms with Crippen LogP contribution in [0.3, 0.4) is 0 Å². The van der Waals surface area contributed by atoms with Crippen molar-refractivity contribution in [3.05, 3.63) is 18.2 Å². The Balaban J connectivity index is 1.62. The molecule has 0 amide bonds. The van der Waals surface area contributed by atoms with Crippen molar-refractivity contribution in [2.24, 2.45) is 5.92 Å². The highest BCUT2D eigenvalue weighted by atomic mass is 15.1. The summed E-state index contributed by atoms with van der Waals surface area (Å²) in [6, 6.07) is 0.752. The van der Waals surface area contributed by atoms with Crippen molar-refractivity contribution in [3.63, 3.8) is 0 Å². The second kappa shape index (κ2) is 6.93. The van der Waals surface area contributed by atoms with Gasteiger partial charge in [-0.2, -0.15) is 0 Å². The van der Waals surface area contributed by atoms with Gasteiger partial charge in [-0.05, 0) is 38.5 Å². The summed E-state index contributed by atoms with van der Waals surface area (Å²) in [6.45, 7) is 6.48. The number of nitrogens with zero attached hydrogens (tertiary/aromatic N) is 2. The molecule has 1 saturated carbocycles. The maximum absolute atomic E-state index is 4.25. The van der Waals surface area contributed by atoms with Gasteiger partial charge in [0.2, 0.25) is 0 Å². The van der Waals surface area contributed by atoms with Gasteiger partial charge in [0.25, 0.3) is 0 Å². The fraction of sp³-hybridized carbons (Fsp3) is 0.800. The Kier molecular flexibility index (Phi) is 5.24. The molecule has 1 aliphatic rings. The molecule has 1 N–H and O–H groups in total. The minimum Gasteiger partial charge on any atom is -0.334 e. The van der Waals surface area contributed by atoms with Gasteiger partial charge in [-0.3, -0.25) is 0 Å². The molecule has 0 unspecified atom stereocenters. The van der Waals surface area contributed by atoms with Gasteiger partial charge in [0, 0.05) is 31.5 Å². The topological polar surface area (TPSA) is 29.9 Å². The molecule has 1 heterocycles. The molecule has 0 radical (unpaired) electrons. The van der Waals surface area contributed by atoms with Crippen molar-refractivity contribution in [2.45, 2.75) is 65.0 Å². The summed E-state index contributed by atoms with van der Waals surface area (Å²) >= 11 is 0. The minimum absolute atomic E-state index is 0.752. The van der Waals surface area contributed by atoms with Crippen LogP contribution in [0.4, 0.5) is 0 Å². The van der Waals surface area contributed by atoms with Crippen LogP contribution in [0.2, 0.25) is 0 Å². The maximum Gasteiger partial charge on any atom is 0.105 e. The molecule has 0 spiro atoms. The quantitative estimate of drug-likeness (QED) is 0.839. The van der Waals surface area contributed by atoms with Crippen LogP contribution in [0.5, 0.6) is 0 Å². The van der Waals surface area contributed by atoms with Crippen LogP contribution in [0, 0.1) is 12.8 Å². The lowest BCUT2D eigenvalue weighted by molar-refractivity contribution is 0.277. The average Bonchev–Trinajstić information content (AvgIpc) is 2.78. The van der Waals surface area contributed by atoms with E-state index in [1.165, 1.54) is 38.5 Å². The van der Waals surface area contributed by atoms with Crippen LogP contribution in [-0.2, 0) is 6.54 Å². The largest absolute Gasteiger partial charge is 0.334 e. The minimum atomic E-state index is 0.752. The molecule has 1 aromatic heterocycles. The van der Waals surface area contributed by atoms with Crippen LogP contribution in [0.15, 0.2) is 12.4 Å². The number of rotatable bonds is 6. The van der Waals surface area contributed by atoms with Gasteiger partial charge in [0.1, 0.15) is 5.82 Å². The average molecular weight is 249 g/mol. The summed E-state index contributed by atoms with van der Waals surface area (Å²) in [4.78, 5) is 4.25. The summed E-state index contributed by atoms with van der Waals surface area (Å²) in [7, 11) is 0. The van der Waals surface area contributed by atoms with Crippen LogP contribution in [-0.4, -0.2) is 22.1 Å². The Morgan fingerprint density at radius 3 is 2.72 bits per heavy atom. The monoisotopic (exact) mass is 249 g/mol. The molecule has 3 nitrogen and oxygen atoms in total. The Morgan fingerprint density at radius 2 is 2.11 bits per heavy atom. The zero-order valence-electron chi connectivity index (χ0n) is 11.9. The fourth-order valence-electron chi connectivity index (χ4n) is 3.09. The summed E-state index contributed by atoms with van der Waals surface area (Å²) < 4.78 is 2.22. The second-order valence-corrected chi connectivity index (χ2v) is 5.63. The Bertz CT molecular complexity index is 337. The van der Waals surface area contributed by atoms with Gasteiger partial charge < -0.3 is 9.88 Å². The Labute approximate surface area is 111 Å². The summed E-state index contributed by atoms with van der Waals surface area (Å²) in [5, 5.41) is 3.70. The van der Waals surface area contributed by atoms with E-state index in [1.54, 1.807) is 0 Å². The molecule has 1 aliphatic carbocycles. The number of hydrogen-bond donors (Lipinski definition) is 1. The molecule has 0 aromatic carbocycles. The smallest absolute Gasteiger partial charge is 0.105 e. The molecule has 1 fully saturated rings. The van der Waals surface area contributed by atoms with Crippen LogP contribution in [0.25, 0.3) is 0 Å². The van der Waals surface area contributed by atoms with Crippen molar-refractivity contribution in [1.29, 1.82) is 0 Å². The van der Waals surface area contributed by atoms with Crippen molar-refractivity contribution in [1.82, 2.24) is 14.9 Å². The summed E-state index contributed by atoms with van der Waals surface area (Å²) in [5.74, 6) is 2.12. The third-order valence-electron chi connectivity index (χ3n) is 4.25. The SMILES string of the molecule is CCCC1CCC(NCCn2ccnc2C)CC1. The number of nitrogens with one attached hydrogen (secondary N) is 1. The highest BCUT2D eigenvalue weighted by Gasteiger charge is 2.19. The molecule has 1 aromatic rings. The first-order valence-electron chi connectivity index (χ1n) is 7.50. The predicted molar refractivity (Wildman–Crippen MR) is 75.6 cm³/mol. The second-order valence-electron chi connectivity index (χ2n) is 5.63. The number of aryl methyl sites for hydroxylation is 1. The molecule has 18 heavy (non-hydrogen) atoms. The first kappa shape index (κ1) is 13.6. The number of aromatic nitrogens is 2. The van der Waals surface area contributed by atoms with Crippen molar-refractivity contribution in [2.75, 3.05) is 6.54 Å². The van der Waals surface area contributed by atoms with E-state index in [0.717, 1.165) is 30.9 Å². The van der Waals surface area contributed by atoms with Crippen molar-refractivity contribution in [3.8, 4) is 0 Å². The van der Waals surface area contributed by atoms with Gasteiger partial charge in [-0.15, -0.1) is 0 Å². The molecule has 2 rings (SSSR count). The predicted octanol–water partition coefficient (Wildman–Crippen LogP) is 3.14. The van der Waals surface area contributed by atoms with Crippen LogP contribution in [0.1, 0.15) is 51.3 Å². The molecule has 3 heteroatoms. The first-order chi connectivity index (χ1) is 8.79. The molecule has 0 bridgehead atoms. The highest BCUT2D eigenvalue weighted by molar-refractivity contribution is 4.88. The van der Waals surface area contributed by atoms with E-state index in [1.807, 2.05) is 6.20 Å². The lowest BCUT2D eigenvalue weighted by Crippen LogP contribution is -2.35. The van der Waals surface area contributed by atoms with E-state index in [9.17, 15) is 0 Å². The Hall–Kier alpha value is -0.830. The Morgan fingerprint density at radius 1 is 1.33 bits per heavy atom. The standard InChI is InChI=1S/C15H27N3/c1-3-4-14-5-7-15(8-6-14)17-10-12-18-11-9-16-13(18)2/h9,11,14-15,17H,3-8,10,12H2,1-2H3. The molecule has 0 saturated heterocycles. The highest BCUT2D eigenvalue weighted by Crippen LogP contribution is 2.27. The van der Waals surface area contributed by atoms with Crippen LogP contribution < -0.4 is 5.32 Å². The zero-order valence-corrected chi connectivity index (χ0v) is 11.9. The van der Waals surface area contributed by atoms with Gasteiger partial charge in [0.15, 0.2) is 0 Å². The van der Waals surface area contributed by atoms with Gasteiger partial charge >= 0.3 is 0 Å². The van der Waals surface area contributed by atoms with E-state index in [0.29, 0.717) is 0 Å². The molecular weight excluding hydrogens is 222 g/mol. The fourth-order valence-corrected chi connectivity index (χ4v) is 3.09. The third-order valence-corrected chi connectivity index (χ3v) is 4.25. The maximum atomic E-state index is 4.25. The molecule has 102 valence electrons. The van der Waals surface area contributed by atoms with Gasteiger partial charge in [-0.1, -0.05) is 19.8 Å². The third kappa shape index (κ3) is 3.84. The van der Waals surface area contributed by atoms with E-state index in [-0.39, 0.29) is 0 Å². The summed E-state index contributed by atoms with van der Waals surface area (Å²) in [5.41, 5.74) is 0. The van der Waals surface area contributed by atoms with Gasteiger partial charge in [-0.25, -0.2) is 4.98 Å². The van der Waals surface area contributed by atoms with E-state index < -0.39 is 0 Å². The number of imidazole rings is 1. The van der Waals surface area contributed by atoms with E-state index in [2.05, 4.69) is 34.9 Å². The lowest BCUT2D eigenvalue weighted by atomic mass is 9.83. The number of hydrogen-bond acceptors (Lipinski definition) is 2. The molecular formula is C15H27N3. The molecule has 0 atom stereocenters. The summed E-state index contributed by atoms with van der Waals surface area (Å²) in [6.07, 6.45) is 12.3. The first-order valence-corrected chi connectivity index (χ1v) is 7.50. The molecule has 0 aliphatic heterocycles.